The van der Waals surface area contributed by atoms with Crippen LogP contribution in [0.15, 0.2) is 4.99 Å². The van der Waals surface area contributed by atoms with Gasteiger partial charge in [0.25, 0.3) is 0 Å². The number of hydrogen-bond acceptors (Lipinski definition) is 3. The maximum absolute atomic E-state index is 8.68. The topological polar surface area (TPSA) is 60.0 Å². The van der Waals surface area contributed by atoms with Gasteiger partial charge >= 0.3 is 0 Å². The van der Waals surface area contributed by atoms with Gasteiger partial charge in [-0.3, -0.25) is 4.99 Å². The van der Waals surface area contributed by atoms with Gasteiger partial charge in [-0.1, -0.05) is 0 Å². The van der Waals surface area contributed by atoms with E-state index < -0.39 is 5.82 Å². The highest BCUT2D eigenvalue weighted by atomic mass is 14.8. The molecule has 4 heteroatoms. The molecule has 1 unspecified atom stereocenters. The van der Waals surface area contributed by atoms with Gasteiger partial charge in [-0.25, -0.2) is 0 Å². The van der Waals surface area contributed by atoms with Crippen LogP contribution in [-0.2, 0) is 0 Å². The van der Waals surface area contributed by atoms with E-state index in [2.05, 4.69) is 11.1 Å². The van der Waals surface area contributed by atoms with E-state index >= 15 is 0 Å². The van der Waals surface area contributed by atoms with Crippen LogP contribution in [-0.4, -0.2) is 26.8 Å². The second-order valence-electron chi connectivity index (χ2n) is 3.13. The lowest BCUT2D eigenvalue weighted by atomic mass is 9.90. The number of nitrogens with zero attached hydrogens (tertiary/aromatic N) is 2. The van der Waals surface area contributed by atoms with Crippen LogP contribution in [0.4, 0.5) is 0 Å². The van der Waals surface area contributed by atoms with Gasteiger partial charge in [-0.15, -0.1) is 0 Å². The molecule has 0 aliphatic heterocycles. The Kier molecular flexibility index (Phi) is 2.64. The van der Waals surface area contributed by atoms with E-state index in [4.69, 9.17) is 18.5 Å². The average molecular weight is 159 g/mol. The molecule has 0 aromatic rings. The summed E-state index contributed by atoms with van der Waals surface area (Å²) in [6.07, 6.45) is 4.53. The van der Waals surface area contributed by atoms with Gasteiger partial charge in [-0.2, -0.15) is 5.26 Å². The molecule has 60 valence electrons. The van der Waals surface area contributed by atoms with E-state index in [9.17, 15) is 0 Å². The summed E-state index contributed by atoms with van der Waals surface area (Å²) in [6.45, 7) is 0.533. The van der Waals surface area contributed by atoms with Crippen molar-refractivity contribution in [1.29, 1.82) is 10.7 Å². The average Bonchev–Trinajstić information content (AvgIpc) is 2.85. The fourth-order valence-electron chi connectivity index (χ4n) is 0.848. The molecule has 1 atom stereocenters. The lowest BCUT2D eigenvalue weighted by Gasteiger charge is -1.99. The molecule has 1 aliphatic rings. The third kappa shape index (κ3) is 2.19. The normalized spacial score (nSPS) is 21.6. The maximum Gasteiger partial charge on any atom is 0.0853 e. The molecule has 0 heterocycles. The summed E-state index contributed by atoms with van der Waals surface area (Å²) < 4.78 is 0. The minimum Gasteiger partial charge on any atom is -0.313 e. The molecule has 0 aromatic heterocycles. The molecule has 0 spiro atoms. The molecule has 1 N–H and O–H groups in total. The van der Waals surface area contributed by atoms with Crippen molar-refractivity contribution >= 4 is 20.3 Å². The monoisotopic (exact) mass is 159 g/mol. The summed E-state index contributed by atoms with van der Waals surface area (Å²) in [5, 5.41) is 15.5. The van der Waals surface area contributed by atoms with Crippen molar-refractivity contribution in [2.75, 3.05) is 6.54 Å². The number of nitriles is 1. The first-order valence-electron chi connectivity index (χ1n) is 3.90. The lowest BCUT2D eigenvalue weighted by Crippen LogP contribution is -2.03. The van der Waals surface area contributed by atoms with Crippen molar-refractivity contribution in [3.63, 3.8) is 0 Å². The summed E-state index contributed by atoms with van der Waals surface area (Å²) in [4.78, 5) is 4.02. The van der Waals surface area contributed by atoms with Gasteiger partial charge in [0.15, 0.2) is 0 Å². The molecule has 1 rings (SSSR count). The molecular formula is C8H10BN3. The predicted molar refractivity (Wildman–Crippen MR) is 48.9 cm³/mol. The largest absolute Gasteiger partial charge is 0.313 e. The second-order valence-corrected chi connectivity index (χ2v) is 3.13. The molecule has 1 aliphatic carbocycles. The highest BCUT2D eigenvalue weighted by molar-refractivity contribution is 6.29. The van der Waals surface area contributed by atoms with Crippen LogP contribution in [0, 0.1) is 22.2 Å². The summed E-state index contributed by atoms with van der Waals surface area (Å²) in [7, 11) is 5.39. The molecule has 12 heavy (non-hydrogen) atoms. The molecule has 3 nitrogen and oxygen atoms in total. The van der Waals surface area contributed by atoms with Crippen LogP contribution in [0.25, 0.3) is 0 Å². The fraction of sp³-hybridized carbons (Fsp3) is 0.625. The molecular weight excluding hydrogens is 149 g/mol. The minimum absolute atomic E-state index is 0.196. The first-order valence-corrected chi connectivity index (χ1v) is 3.90. The van der Waals surface area contributed by atoms with Gasteiger partial charge in [0.1, 0.15) is 0 Å². The van der Waals surface area contributed by atoms with Crippen molar-refractivity contribution in [3.05, 3.63) is 0 Å². The van der Waals surface area contributed by atoms with Crippen LogP contribution < -0.4 is 0 Å². The zero-order chi connectivity index (χ0) is 9.03. The highest BCUT2D eigenvalue weighted by Crippen LogP contribution is 2.44. The Hall–Kier alpha value is -1.11. The van der Waals surface area contributed by atoms with Crippen LogP contribution in [0.3, 0.4) is 0 Å². The lowest BCUT2D eigenvalue weighted by molar-refractivity contribution is 0.686. The van der Waals surface area contributed by atoms with Gasteiger partial charge in [-0.05, 0) is 31.1 Å². The fourth-order valence-corrected chi connectivity index (χ4v) is 0.848. The Morgan fingerprint density at radius 2 is 2.42 bits per heavy atom. The van der Waals surface area contributed by atoms with E-state index in [0.717, 1.165) is 19.1 Å². The Morgan fingerprint density at radius 3 is 2.83 bits per heavy atom. The predicted octanol–water partition coefficient (Wildman–Crippen LogP) is 0.968. The third-order valence-electron chi connectivity index (χ3n) is 1.95. The van der Waals surface area contributed by atoms with E-state index in [-0.39, 0.29) is 5.41 Å². The van der Waals surface area contributed by atoms with Crippen LogP contribution in [0.5, 0.6) is 0 Å². The van der Waals surface area contributed by atoms with E-state index in [1.165, 1.54) is 6.21 Å². The Labute approximate surface area is 73.4 Å². The molecule has 0 aromatic carbocycles. The Balaban J connectivity index is 2.31. The van der Waals surface area contributed by atoms with Crippen molar-refractivity contribution in [2.45, 2.75) is 18.7 Å². The zero-order valence-electron chi connectivity index (χ0n) is 6.83. The highest BCUT2D eigenvalue weighted by Gasteiger charge is 2.42. The molecule has 1 saturated carbocycles. The summed E-state index contributed by atoms with van der Waals surface area (Å²) >= 11 is 0. The summed E-state index contributed by atoms with van der Waals surface area (Å²) in [5.41, 5.74) is -0.196. The summed E-state index contributed by atoms with van der Waals surface area (Å²) in [5.74, 6) is -0.403. The molecule has 0 bridgehead atoms. The van der Waals surface area contributed by atoms with Crippen molar-refractivity contribution in [3.8, 4) is 6.07 Å². The van der Waals surface area contributed by atoms with Gasteiger partial charge in [0, 0.05) is 0 Å². The van der Waals surface area contributed by atoms with E-state index in [1.54, 1.807) is 0 Å². The van der Waals surface area contributed by atoms with Crippen LogP contribution in [0.1, 0.15) is 12.8 Å². The summed E-state index contributed by atoms with van der Waals surface area (Å²) in [6, 6.07) is 2.23. The molecule has 0 amide bonds. The van der Waals surface area contributed by atoms with Crippen molar-refractivity contribution in [1.82, 2.24) is 0 Å². The van der Waals surface area contributed by atoms with Gasteiger partial charge in [0.2, 0.25) is 0 Å². The number of hydrogen-bond donors (Lipinski definition) is 1. The second kappa shape index (κ2) is 3.53. The Morgan fingerprint density at radius 1 is 1.75 bits per heavy atom. The zero-order valence-corrected chi connectivity index (χ0v) is 6.83. The first-order chi connectivity index (χ1) is 5.72. The van der Waals surface area contributed by atoms with E-state index in [1.807, 2.05) is 0 Å². The van der Waals surface area contributed by atoms with Crippen molar-refractivity contribution in [2.24, 2.45) is 10.4 Å². The third-order valence-corrected chi connectivity index (χ3v) is 1.95. The van der Waals surface area contributed by atoms with Crippen LogP contribution in [0.2, 0.25) is 5.82 Å². The van der Waals surface area contributed by atoms with Crippen LogP contribution >= 0.6 is 0 Å². The van der Waals surface area contributed by atoms with Gasteiger partial charge < -0.3 is 5.41 Å². The molecule has 2 radical (unpaired) electrons. The standard InChI is InChI=1S/C8H10BN3/c9-7(3-10)4-12-6-8(5-11)1-2-8/h3-4,7,10H,1-2,6H2. The molecule has 1 fully saturated rings. The Bertz CT molecular complexity index is 237. The number of nitrogens with one attached hydrogen (secondary N) is 1. The number of rotatable bonds is 4. The van der Waals surface area contributed by atoms with E-state index in [0.29, 0.717) is 6.54 Å². The smallest absolute Gasteiger partial charge is 0.0853 e. The first kappa shape index (κ1) is 8.99. The van der Waals surface area contributed by atoms with Gasteiger partial charge in [0.05, 0.1) is 25.9 Å². The number of aliphatic imine (C=N–C) groups is 1. The molecule has 0 saturated heterocycles. The van der Waals surface area contributed by atoms with Crippen molar-refractivity contribution < 1.29 is 0 Å². The SMILES string of the molecule is [B]C(C=N)C=NCC1(C#N)CC1. The maximum atomic E-state index is 8.68. The quantitative estimate of drug-likeness (QED) is 0.482. The minimum atomic E-state index is -0.403.